The van der Waals surface area contributed by atoms with Gasteiger partial charge in [0.1, 0.15) is 5.82 Å². The van der Waals surface area contributed by atoms with Crippen LogP contribution in [0.1, 0.15) is 10.4 Å². The molecule has 130 valence electrons. The maximum absolute atomic E-state index is 12.0. The van der Waals surface area contributed by atoms with Crippen LogP contribution in [0.4, 0.5) is 5.82 Å². The summed E-state index contributed by atoms with van der Waals surface area (Å²) < 4.78 is 27.8. The highest BCUT2D eigenvalue weighted by Crippen LogP contribution is 2.25. The Labute approximate surface area is 149 Å². The minimum absolute atomic E-state index is 0.0267. The molecule has 0 spiro atoms. The number of carbonyl (C=O) groups excluding carboxylic acids is 1. The molecule has 0 aliphatic carbocycles. The minimum atomic E-state index is -3.76. The quantitative estimate of drug-likeness (QED) is 0.568. The van der Waals surface area contributed by atoms with E-state index in [0.29, 0.717) is 18.7 Å². The van der Waals surface area contributed by atoms with Crippen molar-refractivity contribution in [2.45, 2.75) is 4.90 Å². The molecule has 0 atom stereocenters. The first-order valence-corrected chi connectivity index (χ1v) is 9.76. The molecule has 9 heteroatoms. The van der Waals surface area contributed by atoms with E-state index in [2.05, 4.69) is 15.0 Å². The SMILES string of the molecule is NS(=O)(=O)c1ccc(C(=O)NCCNc2nsc3ccccc23)cc1. The predicted octanol–water partition coefficient (Wildman–Crippen LogP) is 1.79. The number of rotatable bonds is 6. The van der Waals surface area contributed by atoms with Crippen molar-refractivity contribution in [3.05, 3.63) is 54.1 Å². The van der Waals surface area contributed by atoms with Gasteiger partial charge in [-0.1, -0.05) is 12.1 Å². The molecule has 1 aromatic heterocycles. The van der Waals surface area contributed by atoms with Gasteiger partial charge in [0.05, 0.1) is 9.60 Å². The maximum atomic E-state index is 12.0. The van der Waals surface area contributed by atoms with E-state index < -0.39 is 10.0 Å². The van der Waals surface area contributed by atoms with E-state index >= 15 is 0 Å². The average molecular weight is 376 g/mol. The summed E-state index contributed by atoms with van der Waals surface area (Å²) in [4.78, 5) is 12.0. The van der Waals surface area contributed by atoms with Gasteiger partial charge in [-0.15, -0.1) is 0 Å². The van der Waals surface area contributed by atoms with Crippen LogP contribution >= 0.6 is 11.5 Å². The smallest absolute Gasteiger partial charge is 0.251 e. The van der Waals surface area contributed by atoms with Gasteiger partial charge in [-0.2, -0.15) is 4.37 Å². The normalized spacial score (nSPS) is 11.4. The van der Waals surface area contributed by atoms with E-state index in [1.165, 1.54) is 35.8 Å². The lowest BCUT2D eigenvalue weighted by Crippen LogP contribution is -2.28. The molecule has 2 aromatic carbocycles. The van der Waals surface area contributed by atoms with Gasteiger partial charge < -0.3 is 10.6 Å². The summed E-state index contributed by atoms with van der Waals surface area (Å²) >= 11 is 1.42. The third-order valence-corrected chi connectivity index (χ3v) is 5.28. The fourth-order valence-electron chi connectivity index (χ4n) is 2.27. The topological polar surface area (TPSA) is 114 Å². The second-order valence-electron chi connectivity index (χ2n) is 5.28. The Morgan fingerprint density at radius 2 is 1.80 bits per heavy atom. The lowest BCUT2D eigenvalue weighted by atomic mass is 10.2. The van der Waals surface area contributed by atoms with Crippen molar-refractivity contribution >= 4 is 43.4 Å². The molecule has 0 saturated carbocycles. The third kappa shape index (κ3) is 4.13. The number of hydrogen-bond donors (Lipinski definition) is 3. The Morgan fingerprint density at radius 3 is 2.52 bits per heavy atom. The van der Waals surface area contributed by atoms with Crippen LogP contribution in [0.2, 0.25) is 0 Å². The predicted molar refractivity (Wildman–Crippen MR) is 98.3 cm³/mol. The molecule has 1 amide bonds. The lowest BCUT2D eigenvalue weighted by molar-refractivity contribution is 0.0955. The molecule has 25 heavy (non-hydrogen) atoms. The van der Waals surface area contributed by atoms with Crippen molar-refractivity contribution < 1.29 is 13.2 Å². The molecule has 0 fully saturated rings. The molecular formula is C16H16N4O3S2. The zero-order valence-electron chi connectivity index (χ0n) is 13.1. The van der Waals surface area contributed by atoms with Crippen molar-refractivity contribution in [1.82, 2.24) is 9.69 Å². The number of amides is 1. The molecule has 3 rings (SSSR count). The second-order valence-corrected chi connectivity index (χ2v) is 7.65. The van der Waals surface area contributed by atoms with Gasteiger partial charge in [0.15, 0.2) is 0 Å². The van der Waals surface area contributed by atoms with Crippen LogP contribution in [-0.4, -0.2) is 31.8 Å². The lowest BCUT2D eigenvalue weighted by Gasteiger charge is -2.07. The number of primary sulfonamides is 1. The minimum Gasteiger partial charge on any atom is -0.367 e. The number of anilines is 1. The Bertz CT molecular complexity index is 998. The summed E-state index contributed by atoms with van der Waals surface area (Å²) in [5.74, 6) is 0.512. The number of sulfonamides is 1. The van der Waals surface area contributed by atoms with Crippen molar-refractivity contribution in [2.75, 3.05) is 18.4 Å². The van der Waals surface area contributed by atoms with Crippen molar-refractivity contribution in [2.24, 2.45) is 5.14 Å². The largest absolute Gasteiger partial charge is 0.367 e. The van der Waals surface area contributed by atoms with Crippen LogP contribution in [0, 0.1) is 0 Å². The fourth-order valence-corrected chi connectivity index (χ4v) is 3.54. The van der Waals surface area contributed by atoms with Gasteiger partial charge in [-0.25, -0.2) is 13.6 Å². The van der Waals surface area contributed by atoms with Crippen molar-refractivity contribution in [3.8, 4) is 0 Å². The molecule has 0 aliphatic heterocycles. The number of aromatic nitrogens is 1. The number of carbonyl (C=O) groups is 1. The molecular weight excluding hydrogens is 360 g/mol. The summed E-state index contributed by atoms with van der Waals surface area (Å²) in [6, 6.07) is 13.4. The first-order valence-electron chi connectivity index (χ1n) is 7.44. The highest BCUT2D eigenvalue weighted by atomic mass is 32.2. The van der Waals surface area contributed by atoms with E-state index in [1.54, 1.807) is 0 Å². The van der Waals surface area contributed by atoms with E-state index in [-0.39, 0.29) is 10.8 Å². The third-order valence-electron chi connectivity index (χ3n) is 3.53. The molecule has 0 unspecified atom stereocenters. The molecule has 1 heterocycles. The van der Waals surface area contributed by atoms with Gasteiger partial charge >= 0.3 is 0 Å². The summed E-state index contributed by atoms with van der Waals surface area (Å²) in [5.41, 5.74) is 0.367. The summed E-state index contributed by atoms with van der Waals surface area (Å²) in [7, 11) is -3.76. The first kappa shape index (κ1) is 17.3. The van der Waals surface area contributed by atoms with E-state index in [1.807, 2.05) is 24.3 Å². The van der Waals surface area contributed by atoms with Crippen LogP contribution in [0.15, 0.2) is 53.4 Å². The Kier molecular flexibility index (Phi) is 4.98. The van der Waals surface area contributed by atoms with E-state index in [0.717, 1.165) is 15.9 Å². The zero-order chi connectivity index (χ0) is 17.9. The molecule has 3 aromatic rings. The Morgan fingerprint density at radius 1 is 1.08 bits per heavy atom. The van der Waals surface area contributed by atoms with E-state index in [9.17, 15) is 13.2 Å². The van der Waals surface area contributed by atoms with Crippen LogP contribution in [0.25, 0.3) is 10.1 Å². The molecule has 4 N–H and O–H groups in total. The first-order chi connectivity index (χ1) is 11.9. The summed E-state index contributed by atoms with van der Waals surface area (Å²) in [6.45, 7) is 0.927. The number of fused-ring (bicyclic) bond motifs is 1. The molecule has 7 nitrogen and oxygen atoms in total. The number of nitrogens with two attached hydrogens (primary N) is 1. The summed E-state index contributed by atoms with van der Waals surface area (Å²) in [6.07, 6.45) is 0. The van der Waals surface area contributed by atoms with Crippen LogP contribution < -0.4 is 15.8 Å². The van der Waals surface area contributed by atoms with Gasteiger partial charge in [0.2, 0.25) is 10.0 Å². The fraction of sp³-hybridized carbons (Fsp3) is 0.125. The molecule has 0 aliphatic rings. The molecule has 0 bridgehead atoms. The maximum Gasteiger partial charge on any atom is 0.251 e. The van der Waals surface area contributed by atoms with Crippen LogP contribution in [-0.2, 0) is 10.0 Å². The van der Waals surface area contributed by atoms with Gasteiger partial charge in [-0.05, 0) is 47.9 Å². The van der Waals surface area contributed by atoms with E-state index in [4.69, 9.17) is 5.14 Å². The highest BCUT2D eigenvalue weighted by molar-refractivity contribution is 7.89. The zero-order valence-corrected chi connectivity index (χ0v) is 14.7. The van der Waals surface area contributed by atoms with Crippen molar-refractivity contribution in [3.63, 3.8) is 0 Å². The number of nitrogens with one attached hydrogen (secondary N) is 2. The van der Waals surface area contributed by atoms with Crippen LogP contribution in [0.5, 0.6) is 0 Å². The number of hydrogen-bond acceptors (Lipinski definition) is 6. The molecule has 0 saturated heterocycles. The Balaban J connectivity index is 1.53. The number of benzene rings is 2. The van der Waals surface area contributed by atoms with Crippen LogP contribution in [0.3, 0.4) is 0 Å². The molecule has 0 radical (unpaired) electrons. The van der Waals surface area contributed by atoms with Gasteiger partial charge in [-0.3, -0.25) is 4.79 Å². The average Bonchev–Trinajstić information content (AvgIpc) is 3.01. The Hall–Kier alpha value is -2.49. The van der Waals surface area contributed by atoms with Gasteiger partial charge in [0.25, 0.3) is 5.91 Å². The van der Waals surface area contributed by atoms with Gasteiger partial charge in [0, 0.05) is 24.0 Å². The van der Waals surface area contributed by atoms with Crippen molar-refractivity contribution in [1.29, 1.82) is 0 Å². The summed E-state index contributed by atoms with van der Waals surface area (Å²) in [5, 5.41) is 12.0. The monoisotopic (exact) mass is 376 g/mol. The number of nitrogens with zero attached hydrogens (tertiary/aromatic N) is 1. The standard InChI is InChI=1S/C16H16N4O3S2/c17-25(22,23)12-7-5-11(6-8-12)16(21)19-10-9-18-15-13-3-1-2-4-14(13)24-20-15/h1-8H,9-10H2,(H,18,20)(H,19,21)(H2,17,22,23). The highest BCUT2D eigenvalue weighted by Gasteiger charge is 2.10. The second kappa shape index (κ2) is 7.18.